The van der Waals surface area contributed by atoms with E-state index in [2.05, 4.69) is 15.0 Å². The van der Waals surface area contributed by atoms with E-state index >= 15 is 0 Å². The van der Waals surface area contributed by atoms with Crippen molar-refractivity contribution in [2.24, 2.45) is 4.99 Å². The van der Waals surface area contributed by atoms with Crippen molar-refractivity contribution in [2.75, 3.05) is 7.05 Å². The molecule has 3 aromatic rings. The second kappa shape index (κ2) is 5.35. The lowest BCUT2D eigenvalue weighted by Gasteiger charge is -2.27. The van der Waals surface area contributed by atoms with Crippen molar-refractivity contribution < 1.29 is 5.21 Å². The molecular weight excluding hydrogens is 330 g/mol. The van der Waals surface area contributed by atoms with Crippen LogP contribution in [0.5, 0.6) is 0 Å². The Bertz CT molecular complexity index is 974. The topological polar surface area (TPSA) is 86.4 Å². The number of quaternary nitrogens is 1. The maximum absolute atomic E-state index is 11.7. The first-order valence-electron chi connectivity index (χ1n) is 7.45. The van der Waals surface area contributed by atoms with Crippen molar-refractivity contribution in [3.8, 4) is 5.82 Å². The Kier molecular flexibility index (Phi) is 3.40. The van der Waals surface area contributed by atoms with Crippen molar-refractivity contribution >= 4 is 40.1 Å². The molecule has 24 heavy (non-hydrogen) atoms. The Morgan fingerprint density at radius 2 is 2.12 bits per heavy atom. The summed E-state index contributed by atoms with van der Waals surface area (Å²) in [5.41, 5.74) is 2.62. The molecule has 1 aromatic carbocycles. The van der Waals surface area contributed by atoms with Crippen LogP contribution in [0.25, 0.3) is 16.7 Å². The maximum atomic E-state index is 11.7. The summed E-state index contributed by atoms with van der Waals surface area (Å²) in [4.78, 5) is 11.6. The van der Waals surface area contributed by atoms with E-state index in [1.54, 1.807) is 18.2 Å². The molecule has 0 radical (unpaired) electrons. The molecule has 0 amide bonds. The molecule has 0 fully saturated rings. The Hall–Kier alpha value is -2.32. The molecule has 0 saturated heterocycles. The van der Waals surface area contributed by atoms with E-state index < -0.39 is 4.81 Å². The van der Waals surface area contributed by atoms with Crippen LogP contribution in [0, 0.1) is 5.21 Å². The quantitative estimate of drug-likeness (QED) is 0.438. The monoisotopic (exact) mass is 343 g/mol. The van der Waals surface area contributed by atoms with Gasteiger partial charge in [0.25, 0.3) is 0 Å². The number of halogens is 1. The summed E-state index contributed by atoms with van der Waals surface area (Å²) in [7, 11) is 1.16. The Labute approximate surface area is 142 Å². The van der Waals surface area contributed by atoms with Crippen LogP contribution in [0.3, 0.4) is 0 Å². The number of aliphatic imine (C=N–C) groups is 1. The molecule has 1 unspecified atom stereocenters. The van der Waals surface area contributed by atoms with Gasteiger partial charge in [-0.3, -0.25) is 9.56 Å². The smallest absolute Gasteiger partial charge is 0.224 e. The van der Waals surface area contributed by atoms with Gasteiger partial charge < -0.3 is 5.21 Å². The van der Waals surface area contributed by atoms with E-state index in [-0.39, 0.29) is 11.0 Å². The summed E-state index contributed by atoms with van der Waals surface area (Å²) in [6, 6.07) is 6.86. The molecule has 4 rings (SSSR count). The normalized spacial score (nSPS) is 16.2. The van der Waals surface area contributed by atoms with Crippen molar-refractivity contribution in [3.05, 3.63) is 46.6 Å². The van der Waals surface area contributed by atoms with Crippen molar-refractivity contribution in [3.63, 3.8) is 0 Å². The van der Waals surface area contributed by atoms with Gasteiger partial charge in [0.2, 0.25) is 5.28 Å². The number of aromatic nitrogens is 3. The predicted octanol–water partition coefficient (Wildman–Crippen LogP) is 3.55. The van der Waals surface area contributed by atoms with Crippen LogP contribution in [-0.4, -0.2) is 33.0 Å². The number of hydroxylamine groups is 2. The number of benzene rings is 1. The van der Waals surface area contributed by atoms with Crippen molar-refractivity contribution in [2.45, 2.75) is 12.8 Å². The van der Waals surface area contributed by atoms with Gasteiger partial charge in [0.1, 0.15) is 12.7 Å². The number of aryl methyl sites for hydroxylation is 1. The van der Waals surface area contributed by atoms with E-state index in [1.165, 1.54) is 0 Å². The molecule has 0 aliphatic carbocycles. The van der Waals surface area contributed by atoms with E-state index in [1.807, 2.05) is 23.0 Å². The molecule has 0 bridgehead atoms. The summed E-state index contributed by atoms with van der Waals surface area (Å²) in [5.74, 6) is 0.604. The highest BCUT2D eigenvalue weighted by atomic mass is 35.5. The fraction of sp³-hybridized carbons (Fsp3) is 0.188. The van der Waals surface area contributed by atoms with Crippen molar-refractivity contribution in [1.29, 1.82) is 0 Å². The third kappa shape index (κ3) is 2.47. The van der Waals surface area contributed by atoms with Crippen LogP contribution in [-0.2, 0) is 6.42 Å². The van der Waals surface area contributed by atoms with Crippen LogP contribution in [0.1, 0.15) is 12.1 Å². The summed E-state index contributed by atoms with van der Waals surface area (Å²) in [6.07, 6.45) is 5.28. The highest BCUT2D eigenvalue weighted by Crippen LogP contribution is 2.33. The number of rotatable bonds is 2. The molecule has 0 spiro atoms. The molecule has 1 aliphatic rings. The Balaban J connectivity index is 1.93. The molecule has 1 N–H and O–H groups in total. The summed E-state index contributed by atoms with van der Waals surface area (Å²) < 4.78 is 1.86. The first-order chi connectivity index (χ1) is 11.4. The predicted molar refractivity (Wildman–Crippen MR) is 93.2 cm³/mol. The highest BCUT2D eigenvalue weighted by Gasteiger charge is 2.19. The molecule has 7 nitrogen and oxygen atoms in total. The van der Waals surface area contributed by atoms with Gasteiger partial charge in [-0.25, -0.2) is 10.2 Å². The lowest BCUT2D eigenvalue weighted by Crippen LogP contribution is -2.33. The third-order valence-electron chi connectivity index (χ3n) is 4.02. The largest absolute Gasteiger partial charge is 0.593 e. The molecule has 1 atom stereocenters. The number of fused-ring (bicyclic) bond motifs is 2. The average molecular weight is 344 g/mol. The SMILES string of the molecule is C[N+]([O-])(O)c1ccc2c(ccn2-c2nc(Cl)nc3c2N=CCC3)c1. The second-order valence-electron chi connectivity index (χ2n) is 5.77. The summed E-state index contributed by atoms with van der Waals surface area (Å²) in [6.45, 7) is 0. The van der Waals surface area contributed by atoms with E-state index in [4.69, 9.17) is 11.6 Å². The van der Waals surface area contributed by atoms with Crippen LogP contribution in [0.4, 0.5) is 11.4 Å². The minimum Gasteiger partial charge on any atom is -0.593 e. The first-order valence-corrected chi connectivity index (χ1v) is 7.82. The molecule has 0 saturated carbocycles. The molecule has 3 heterocycles. The minimum atomic E-state index is -1.47. The minimum absolute atomic E-state index is 0.179. The average Bonchev–Trinajstić information content (AvgIpc) is 2.96. The van der Waals surface area contributed by atoms with Gasteiger partial charge in [-0.15, -0.1) is 0 Å². The van der Waals surface area contributed by atoms with Gasteiger partial charge in [-0.1, -0.05) is 0 Å². The van der Waals surface area contributed by atoms with Gasteiger partial charge in [0, 0.05) is 29.9 Å². The number of nitrogens with zero attached hydrogens (tertiary/aromatic N) is 5. The Morgan fingerprint density at radius 3 is 2.92 bits per heavy atom. The fourth-order valence-electron chi connectivity index (χ4n) is 2.86. The van der Waals surface area contributed by atoms with Gasteiger partial charge >= 0.3 is 0 Å². The fourth-order valence-corrected chi connectivity index (χ4v) is 3.05. The lowest BCUT2D eigenvalue weighted by atomic mass is 10.1. The highest BCUT2D eigenvalue weighted by molar-refractivity contribution is 6.28. The zero-order valence-electron chi connectivity index (χ0n) is 12.8. The van der Waals surface area contributed by atoms with E-state index in [0.29, 0.717) is 11.5 Å². The first kappa shape index (κ1) is 15.2. The van der Waals surface area contributed by atoms with Gasteiger partial charge in [-0.2, -0.15) is 9.79 Å². The zero-order valence-corrected chi connectivity index (χ0v) is 13.6. The van der Waals surface area contributed by atoms with Gasteiger partial charge in [0.05, 0.1) is 11.2 Å². The molecule has 2 aromatic heterocycles. The molecule has 122 valence electrons. The van der Waals surface area contributed by atoms with E-state index in [9.17, 15) is 10.4 Å². The maximum Gasteiger partial charge on any atom is 0.224 e. The van der Waals surface area contributed by atoms with E-state index in [0.717, 1.165) is 36.5 Å². The number of hydrogen-bond acceptors (Lipinski definition) is 5. The third-order valence-corrected chi connectivity index (χ3v) is 4.19. The van der Waals surface area contributed by atoms with Gasteiger partial charge in [-0.05, 0) is 36.6 Å². The van der Waals surface area contributed by atoms with Crippen molar-refractivity contribution in [1.82, 2.24) is 19.3 Å². The summed E-state index contributed by atoms with van der Waals surface area (Å²) in [5, 5.41) is 22.3. The second-order valence-corrected chi connectivity index (χ2v) is 6.11. The van der Waals surface area contributed by atoms with Crippen LogP contribution >= 0.6 is 11.6 Å². The summed E-state index contributed by atoms with van der Waals surface area (Å²) >= 11 is 6.07. The molecule has 8 heteroatoms. The van der Waals surface area contributed by atoms with Crippen LogP contribution in [0.15, 0.2) is 35.5 Å². The molecular formula is C16H14ClN5O2. The van der Waals surface area contributed by atoms with Gasteiger partial charge in [0.15, 0.2) is 11.5 Å². The molecule has 1 aliphatic heterocycles. The van der Waals surface area contributed by atoms with Crippen LogP contribution < -0.4 is 4.81 Å². The standard InChI is InChI=1S/C16H14ClN5O2/c1-22(23,24)11-4-5-13-10(9-11)6-8-21(13)15-14-12(3-2-7-18-14)19-16(17)20-15/h4-9,23H,2-3H2,1H3. The zero-order chi connectivity index (χ0) is 16.9. The number of hydrogen-bond donors (Lipinski definition) is 1. The lowest BCUT2D eigenvalue weighted by molar-refractivity contribution is -0.00430. The van der Waals surface area contributed by atoms with Crippen LogP contribution in [0.2, 0.25) is 5.28 Å². The Morgan fingerprint density at radius 1 is 1.29 bits per heavy atom.